The van der Waals surface area contributed by atoms with Gasteiger partial charge in [0.05, 0.1) is 18.7 Å². The highest BCUT2D eigenvalue weighted by Gasteiger charge is 2.23. The largest absolute Gasteiger partial charge is 0.333 e. The molecule has 4 heterocycles. The number of fused-ring (bicyclic) bond motifs is 1. The van der Waals surface area contributed by atoms with Crippen LogP contribution in [0.25, 0.3) is 10.6 Å². The van der Waals surface area contributed by atoms with E-state index in [-0.39, 0.29) is 5.91 Å². The Hall–Kier alpha value is -2.06. The molecule has 3 aromatic heterocycles. The van der Waals surface area contributed by atoms with Crippen LogP contribution >= 0.6 is 22.7 Å². The molecule has 0 bridgehead atoms. The van der Waals surface area contributed by atoms with Crippen LogP contribution in [-0.2, 0) is 24.3 Å². The first-order chi connectivity index (χ1) is 11.2. The Morgan fingerprint density at radius 1 is 1.30 bits per heavy atom. The van der Waals surface area contributed by atoms with Gasteiger partial charge in [-0.15, -0.1) is 21.5 Å². The fraction of sp³-hybridized carbons (Fsp3) is 0.333. The first kappa shape index (κ1) is 14.5. The van der Waals surface area contributed by atoms with E-state index in [1.165, 1.54) is 0 Å². The number of hydrogen-bond acceptors (Lipinski definition) is 6. The number of thiazole rings is 1. The molecule has 4 rings (SSSR count). The maximum atomic E-state index is 12.5. The zero-order valence-electron chi connectivity index (χ0n) is 12.6. The highest BCUT2D eigenvalue weighted by atomic mass is 32.1. The molecule has 1 aliphatic heterocycles. The van der Waals surface area contributed by atoms with Crippen molar-refractivity contribution in [1.29, 1.82) is 0 Å². The average molecular weight is 345 g/mol. The molecule has 0 atom stereocenters. The topological polar surface area (TPSA) is 63.9 Å². The molecule has 0 N–H and O–H groups in total. The van der Waals surface area contributed by atoms with Crippen LogP contribution in [0.3, 0.4) is 0 Å². The van der Waals surface area contributed by atoms with Crippen molar-refractivity contribution in [2.45, 2.75) is 26.4 Å². The molecule has 8 heteroatoms. The normalized spacial score (nSPS) is 14.0. The lowest BCUT2D eigenvalue weighted by Crippen LogP contribution is -2.39. The van der Waals surface area contributed by atoms with Gasteiger partial charge in [-0.25, -0.2) is 4.98 Å². The van der Waals surface area contributed by atoms with Gasteiger partial charge in [-0.3, -0.25) is 4.79 Å². The van der Waals surface area contributed by atoms with Crippen LogP contribution in [0.4, 0.5) is 0 Å². The van der Waals surface area contributed by atoms with Gasteiger partial charge in [0.15, 0.2) is 5.82 Å². The Balaban J connectivity index is 1.44. The summed E-state index contributed by atoms with van der Waals surface area (Å²) in [6.07, 6.45) is 0.341. The summed E-state index contributed by atoms with van der Waals surface area (Å²) in [6, 6.07) is 2.05. The molecular formula is C15H15N5OS2. The third kappa shape index (κ3) is 2.79. The molecule has 0 aromatic carbocycles. The van der Waals surface area contributed by atoms with Gasteiger partial charge in [-0.2, -0.15) is 11.3 Å². The van der Waals surface area contributed by atoms with E-state index in [4.69, 9.17) is 0 Å². The van der Waals surface area contributed by atoms with Crippen LogP contribution in [0.2, 0.25) is 0 Å². The van der Waals surface area contributed by atoms with Crippen molar-refractivity contribution >= 4 is 28.6 Å². The summed E-state index contributed by atoms with van der Waals surface area (Å²) in [5, 5.41) is 15.3. The van der Waals surface area contributed by atoms with Crippen LogP contribution in [-0.4, -0.2) is 37.1 Å². The summed E-state index contributed by atoms with van der Waals surface area (Å²) in [7, 11) is 0. The van der Waals surface area contributed by atoms with Crippen molar-refractivity contribution in [2.24, 2.45) is 0 Å². The minimum atomic E-state index is 0.0964. The van der Waals surface area contributed by atoms with Crippen molar-refractivity contribution in [2.75, 3.05) is 6.54 Å². The quantitative estimate of drug-likeness (QED) is 0.731. The molecule has 3 aromatic rings. The number of amides is 1. The van der Waals surface area contributed by atoms with Gasteiger partial charge < -0.3 is 9.47 Å². The summed E-state index contributed by atoms with van der Waals surface area (Å²) in [5.74, 6) is 1.87. The number of aromatic nitrogens is 4. The Kier molecular flexibility index (Phi) is 3.70. The van der Waals surface area contributed by atoms with E-state index >= 15 is 0 Å². The molecule has 1 amide bonds. The summed E-state index contributed by atoms with van der Waals surface area (Å²) >= 11 is 3.24. The number of nitrogens with zero attached hydrogens (tertiary/aromatic N) is 5. The second kappa shape index (κ2) is 5.86. The predicted octanol–water partition coefficient (Wildman–Crippen LogP) is 2.36. The third-order valence-corrected chi connectivity index (χ3v) is 5.57. The highest BCUT2D eigenvalue weighted by Crippen LogP contribution is 2.26. The number of hydrogen-bond donors (Lipinski definition) is 0. The fourth-order valence-electron chi connectivity index (χ4n) is 2.69. The van der Waals surface area contributed by atoms with Crippen molar-refractivity contribution < 1.29 is 4.79 Å². The standard InChI is InChI=1S/C15H15N5OS2/c1-10-17-18-13-7-19(3-4-20(10)13)14(21)6-12-9-23-15(16-12)11-2-5-22-8-11/h2,5,8-9H,3-4,6-7H2,1H3. The summed E-state index contributed by atoms with van der Waals surface area (Å²) < 4.78 is 2.07. The predicted molar refractivity (Wildman–Crippen MR) is 89.3 cm³/mol. The monoisotopic (exact) mass is 345 g/mol. The number of aryl methyl sites for hydroxylation is 1. The zero-order valence-corrected chi connectivity index (χ0v) is 14.2. The fourth-order valence-corrected chi connectivity index (χ4v) is 4.22. The summed E-state index contributed by atoms with van der Waals surface area (Å²) in [5.41, 5.74) is 1.96. The van der Waals surface area contributed by atoms with E-state index in [2.05, 4.69) is 31.2 Å². The van der Waals surface area contributed by atoms with E-state index in [9.17, 15) is 4.79 Å². The molecule has 0 saturated heterocycles. The van der Waals surface area contributed by atoms with Crippen LogP contribution in [0.5, 0.6) is 0 Å². The third-order valence-electron chi connectivity index (χ3n) is 3.94. The van der Waals surface area contributed by atoms with Crippen LogP contribution < -0.4 is 0 Å². The Bertz CT molecular complexity index is 836. The first-order valence-electron chi connectivity index (χ1n) is 7.34. The van der Waals surface area contributed by atoms with Gasteiger partial charge in [0.1, 0.15) is 10.8 Å². The lowest BCUT2D eigenvalue weighted by atomic mass is 10.2. The van der Waals surface area contributed by atoms with Crippen molar-refractivity contribution in [3.63, 3.8) is 0 Å². The number of carbonyl (C=O) groups excluding carboxylic acids is 1. The maximum absolute atomic E-state index is 12.5. The smallest absolute Gasteiger partial charge is 0.229 e. The second-order valence-corrected chi connectivity index (χ2v) is 7.10. The lowest BCUT2D eigenvalue weighted by molar-refractivity contribution is -0.132. The molecule has 0 fully saturated rings. The summed E-state index contributed by atoms with van der Waals surface area (Å²) in [4.78, 5) is 18.9. The van der Waals surface area contributed by atoms with E-state index < -0.39 is 0 Å². The van der Waals surface area contributed by atoms with Gasteiger partial charge in [-0.1, -0.05) is 0 Å². The molecule has 6 nitrogen and oxygen atoms in total. The molecule has 1 aliphatic rings. The lowest BCUT2D eigenvalue weighted by Gasteiger charge is -2.27. The first-order valence-corrected chi connectivity index (χ1v) is 9.16. The minimum Gasteiger partial charge on any atom is -0.333 e. The van der Waals surface area contributed by atoms with Crippen molar-refractivity contribution in [3.05, 3.63) is 39.5 Å². The maximum Gasteiger partial charge on any atom is 0.229 e. The molecule has 0 aliphatic carbocycles. The Labute approximate surface area is 141 Å². The van der Waals surface area contributed by atoms with Gasteiger partial charge in [0.25, 0.3) is 0 Å². The van der Waals surface area contributed by atoms with Gasteiger partial charge in [-0.05, 0) is 18.4 Å². The number of rotatable bonds is 3. The molecule has 0 saturated carbocycles. The van der Waals surface area contributed by atoms with Gasteiger partial charge in [0, 0.05) is 29.4 Å². The molecule has 23 heavy (non-hydrogen) atoms. The van der Waals surface area contributed by atoms with Crippen molar-refractivity contribution in [3.8, 4) is 10.6 Å². The number of carbonyl (C=O) groups is 1. The molecular weight excluding hydrogens is 330 g/mol. The minimum absolute atomic E-state index is 0.0964. The highest BCUT2D eigenvalue weighted by molar-refractivity contribution is 7.14. The van der Waals surface area contributed by atoms with E-state index in [1.807, 2.05) is 22.6 Å². The molecule has 0 unspecified atom stereocenters. The average Bonchev–Trinajstić information content (AvgIpc) is 3.28. The molecule has 0 radical (unpaired) electrons. The molecule has 118 valence electrons. The van der Waals surface area contributed by atoms with Gasteiger partial charge in [0.2, 0.25) is 5.91 Å². The van der Waals surface area contributed by atoms with Gasteiger partial charge >= 0.3 is 0 Å². The Morgan fingerprint density at radius 2 is 2.22 bits per heavy atom. The second-order valence-electron chi connectivity index (χ2n) is 5.46. The van der Waals surface area contributed by atoms with E-state index in [1.54, 1.807) is 22.7 Å². The SMILES string of the molecule is Cc1nnc2n1CCN(C(=O)Cc1csc(-c3ccsc3)n1)C2. The zero-order chi connectivity index (χ0) is 15.8. The van der Waals surface area contributed by atoms with Crippen LogP contribution in [0, 0.1) is 6.92 Å². The molecule has 0 spiro atoms. The number of thiophene rings is 1. The summed E-state index contributed by atoms with van der Waals surface area (Å²) in [6.45, 7) is 3.93. The van der Waals surface area contributed by atoms with E-state index in [0.29, 0.717) is 19.5 Å². The van der Waals surface area contributed by atoms with E-state index in [0.717, 1.165) is 34.5 Å². The van der Waals surface area contributed by atoms with Crippen molar-refractivity contribution in [1.82, 2.24) is 24.6 Å². The van der Waals surface area contributed by atoms with Crippen LogP contribution in [0.15, 0.2) is 22.2 Å². The Morgan fingerprint density at radius 3 is 3.04 bits per heavy atom. The van der Waals surface area contributed by atoms with Crippen LogP contribution in [0.1, 0.15) is 17.3 Å².